The average molecular weight is 359 g/mol. The minimum Gasteiger partial charge on any atom is -0.326 e. The van der Waals surface area contributed by atoms with Crippen LogP contribution < -0.4 is 5.32 Å². The van der Waals surface area contributed by atoms with Gasteiger partial charge in [0.1, 0.15) is 0 Å². The molecule has 1 atom stereocenters. The molecule has 1 unspecified atom stereocenters. The Morgan fingerprint density at radius 1 is 1.32 bits per heavy atom. The van der Waals surface area contributed by atoms with Gasteiger partial charge in [-0.25, -0.2) is 0 Å². The van der Waals surface area contributed by atoms with Crippen LogP contribution in [-0.2, 0) is 4.79 Å². The van der Waals surface area contributed by atoms with Gasteiger partial charge in [0.2, 0.25) is 5.91 Å². The average Bonchev–Trinajstić information content (AvgIpc) is 2.27. The Kier molecular flexibility index (Phi) is 6.13. The summed E-state index contributed by atoms with van der Waals surface area (Å²) in [4.78, 5) is 11.5. The first-order valence-electron chi connectivity index (χ1n) is 5.52. The maximum Gasteiger partial charge on any atom is 0.390 e. The third-order valence-corrected chi connectivity index (χ3v) is 3.17. The van der Waals surface area contributed by atoms with E-state index in [2.05, 4.69) is 21.2 Å². The largest absolute Gasteiger partial charge is 0.390 e. The predicted molar refractivity (Wildman–Crippen MR) is 72.3 cm³/mol. The lowest BCUT2D eigenvalue weighted by atomic mass is 10.1. The van der Waals surface area contributed by atoms with E-state index in [-0.39, 0.29) is 18.7 Å². The quantitative estimate of drug-likeness (QED) is 0.758. The van der Waals surface area contributed by atoms with Crippen LogP contribution in [0.5, 0.6) is 0 Å². The number of rotatable bonds is 5. The van der Waals surface area contributed by atoms with Gasteiger partial charge in [0.15, 0.2) is 0 Å². The van der Waals surface area contributed by atoms with Crippen LogP contribution in [0.4, 0.5) is 18.9 Å². The first kappa shape index (κ1) is 16.3. The highest BCUT2D eigenvalue weighted by atomic mass is 79.9. The minimum absolute atomic E-state index is 0.0105. The summed E-state index contributed by atoms with van der Waals surface area (Å²) in [6.07, 6.45) is -5.43. The van der Waals surface area contributed by atoms with E-state index in [1.165, 1.54) is 0 Å². The molecule has 106 valence electrons. The van der Waals surface area contributed by atoms with Crippen molar-refractivity contribution in [3.05, 3.63) is 28.7 Å². The Labute approximate surface area is 122 Å². The standard InChI is InChI=1S/C12H12BrClF3NO/c13-8-1-4-10(5-2-8)18-11(19)6-3-9(14)7-12(15,16)17/h1-2,4-5,9H,3,6-7H2,(H,18,19). The van der Waals surface area contributed by atoms with Crippen LogP contribution in [0.2, 0.25) is 0 Å². The maximum absolute atomic E-state index is 12.0. The number of carbonyl (C=O) groups is 1. The molecule has 0 aromatic heterocycles. The number of benzene rings is 1. The maximum atomic E-state index is 12.0. The lowest BCUT2D eigenvalue weighted by Crippen LogP contribution is -2.18. The first-order valence-corrected chi connectivity index (χ1v) is 6.75. The fraction of sp³-hybridized carbons (Fsp3) is 0.417. The van der Waals surface area contributed by atoms with Crippen molar-refractivity contribution in [1.29, 1.82) is 0 Å². The second-order valence-corrected chi connectivity index (χ2v) is 5.54. The van der Waals surface area contributed by atoms with Crippen molar-refractivity contribution in [3.63, 3.8) is 0 Å². The number of halogens is 5. The van der Waals surface area contributed by atoms with Gasteiger partial charge in [-0.1, -0.05) is 15.9 Å². The Morgan fingerprint density at radius 2 is 1.89 bits per heavy atom. The lowest BCUT2D eigenvalue weighted by Gasteiger charge is -2.12. The third-order valence-electron chi connectivity index (χ3n) is 2.27. The number of carbonyl (C=O) groups excluding carboxylic acids is 1. The van der Waals surface area contributed by atoms with Crippen molar-refractivity contribution in [2.75, 3.05) is 5.32 Å². The monoisotopic (exact) mass is 357 g/mol. The van der Waals surface area contributed by atoms with E-state index in [4.69, 9.17) is 11.6 Å². The zero-order chi connectivity index (χ0) is 14.5. The Morgan fingerprint density at radius 3 is 2.42 bits per heavy atom. The molecule has 0 radical (unpaired) electrons. The van der Waals surface area contributed by atoms with Gasteiger partial charge in [0.05, 0.1) is 6.42 Å². The van der Waals surface area contributed by atoms with Gasteiger partial charge in [-0.2, -0.15) is 13.2 Å². The first-order chi connectivity index (χ1) is 8.76. The Hall–Kier alpha value is -0.750. The van der Waals surface area contributed by atoms with E-state index in [1.54, 1.807) is 24.3 Å². The molecule has 2 nitrogen and oxygen atoms in total. The normalized spacial score (nSPS) is 13.1. The summed E-state index contributed by atoms with van der Waals surface area (Å²) in [5.41, 5.74) is 0.593. The predicted octanol–water partition coefficient (Wildman–Crippen LogP) is 4.73. The zero-order valence-electron chi connectivity index (χ0n) is 9.81. The van der Waals surface area contributed by atoms with Crippen molar-refractivity contribution in [2.24, 2.45) is 0 Å². The molecule has 1 rings (SSSR count). The molecular weight excluding hydrogens is 346 g/mol. The van der Waals surface area contributed by atoms with Gasteiger partial charge in [-0.15, -0.1) is 11.6 Å². The number of hydrogen-bond acceptors (Lipinski definition) is 1. The molecule has 1 aromatic rings. The molecule has 0 aliphatic heterocycles. The molecule has 0 saturated heterocycles. The van der Waals surface area contributed by atoms with E-state index in [1.807, 2.05) is 0 Å². The topological polar surface area (TPSA) is 29.1 Å². The van der Waals surface area contributed by atoms with Crippen molar-refractivity contribution in [2.45, 2.75) is 30.8 Å². The molecule has 1 N–H and O–H groups in total. The van der Waals surface area contributed by atoms with Gasteiger partial charge in [0, 0.05) is 22.0 Å². The van der Waals surface area contributed by atoms with E-state index in [0.717, 1.165) is 4.47 Å². The molecule has 0 aliphatic rings. The molecule has 0 fully saturated rings. The summed E-state index contributed by atoms with van der Waals surface area (Å²) in [7, 11) is 0. The Balaban J connectivity index is 2.34. The van der Waals surface area contributed by atoms with Gasteiger partial charge in [-0.05, 0) is 30.7 Å². The van der Waals surface area contributed by atoms with Gasteiger partial charge < -0.3 is 5.32 Å². The van der Waals surface area contributed by atoms with Crippen LogP contribution in [0, 0.1) is 0 Å². The fourth-order valence-corrected chi connectivity index (χ4v) is 1.95. The minimum atomic E-state index is -4.30. The highest BCUT2D eigenvalue weighted by molar-refractivity contribution is 9.10. The van der Waals surface area contributed by atoms with Crippen LogP contribution in [0.1, 0.15) is 19.3 Å². The van der Waals surface area contributed by atoms with E-state index < -0.39 is 18.0 Å². The van der Waals surface area contributed by atoms with Gasteiger partial charge in [0.25, 0.3) is 0 Å². The van der Waals surface area contributed by atoms with Crippen LogP contribution in [0.15, 0.2) is 28.7 Å². The molecule has 0 spiro atoms. The van der Waals surface area contributed by atoms with Crippen LogP contribution in [-0.4, -0.2) is 17.5 Å². The summed E-state index contributed by atoms with van der Waals surface area (Å²) in [5, 5.41) is 1.51. The summed E-state index contributed by atoms with van der Waals surface area (Å²) >= 11 is 8.78. The zero-order valence-corrected chi connectivity index (χ0v) is 12.1. The molecule has 7 heteroatoms. The molecular formula is C12H12BrClF3NO. The molecule has 1 aromatic carbocycles. The highest BCUT2D eigenvalue weighted by Gasteiger charge is 2.30. The molecule has 19 heavy (non-hydrogen) atoms. The highest BCUT2D eigenvalue weighted by Crippen LogP contribution is 2.26. The van der Waals surface area contributed by atoms with Crippen molar-refractivity contribution >= 4 is 39.1 Å². The number of anilines is 1. The number of nitrogens with one attached hydrogen (secondary N) is 1. The van der Waals surface area contributed by atoms with Crippen molar-refractivity contribution in [1.82, 2.24) is 0 Å². The molecule has 1 amide bonds. The molecule has 0 saturated carbocycles. The second-order valence-electron chi connectivity index (χ2n) is 4.01. The fourth-order valence-electron chi connectivity index (χ4n) is 1.40. The summed E-state index contributed by atoms with van der Waals surface area (Å²) in [5.74, 6) is -0.352. The van der Waals surface area contributed by atoms with Gasteiger partial charge >= 0.3 is 6.18 Å². The molecule has 0 bridgehead atoms. The number of hydrogen-bond donors (Lipinski definition) is 1. The van der Waals surface area contributed by atoms with Crippen LogP contribution >= 0.6 is 27.5 Å². The molecule has 0 aliphatic carbocycles. The van der Waals surface area contributed by atoms with Crippen LogP contribution in [0.25, 0.3) is 0 Å². The summed E-state index contributed by atoms with van der Waals surface area (Å²) in [6.45, 7) is 0. The SMILES string of the molecule is O=C(CCC(Cl)CC(F)(F)F)Nc1ccc(Br)cc1. The number of amides is 1. The molecule has 0 heterocycles. The summed E-state index contributed by atoms with van der Waals surface area (Å²) in [6, 6.07) is 6.89. The Bertz CT molecular complexity index is 422. The summed E-state index contributed by atoms with van der Waals surface area (Å²) < 4.78 is 36.9. The van der Waals surface area contributed by atoms with Crippen molar-refractivity contribution in [3.8, 4) is 0 Å². The van der Waals surface area contributed by atoms with E-state index >= 15 is 0 Å². The smallest absolute Gasteiger partial charge is 0.326 e. The number of alkyl halides is 4. The third kappa shape index (κ3) is 7.42. The van der Waals surface area contributed by atoms with E-state index in [9.17, 15) is 18.0 Å². The van der Waals surface area contributed by atoms with Crippen molar-refractivity contribution < 1.29 is 18.0 Å². The van der Waals surface area contributed by atoms with Gasteiger partial charge in [-0.3, -0.25) is 4.79 Å². The van der Waals surface area contributed by atoms with E-state index in [0.29, 0.717) is 5.69 Å². The lowest BCUT2D eigenvalue weighted by molar-refractivity contribution is -0.135. The van der Waals surface area contributed by atoms with Crippen LogP contribution in [0.3, 0.4) is 0 Å². The second kappa shape index (κ2) is 7.14.